The van der Waals surface area contributed by atoms with E-state index in [9.17, 15) is 19.5 Å². The summed E-state index contributed by atoms with van der Waals surface area (Å²) in [5.41, 5.74) is -0.725. The van der Waals surface area contributed by atoms with Crippen molar-refractivity contribution in [2.75, 3.05) is 7.11 Å². The van der Waals surface area contributed by atoms with Gasteiger partial charge in [-0.2, -0.15) is 0 Å². The number of cyclic esters (lactones) is 1. The summed E-state index contributed by atoms with van der Waals surface area (Å²) in [6, 6.07) is 4.34. The predicted molar refractivity (Wildman–Crippen MR) is 90.7 cm³/mol. The van der Waals surface area contributed by atoms with Crippen LogP contribution in [0.15, 0.2) is 18.2 Å². The van der Waals surface area contributed by atoms with Crippen LogP contribution in [0.2, 0.25) is 0 Å². The van der Waals surface area contributed by atoms with Crippen LogP contribution < -0.4 is 4.74 Å². The first-order valence-corrected chi connectivity index (χ1v) is 8.33. The first-order valence-electron chi connectivity index (χ1n) is 8.33. The fraction of sp³-hybridized carbons (Fsp3) is 0.526. The molecule has 1 aromatic carbocycles. The molecule has 2 rings (SSSR count). The van der Waals surface area contributed by atoms with Crippen molar-refractivity contribution in [3.05, 3.63) is 23.8 Å². The number of benzene rings is 1. The number of carbonyl (C=O) groups excluding carboxylic acids is 3. The number of Topliss-reactive ketones (excluding diaryl/α,β-unsaturated/α-hetero) is 2. The molecule has 0 amide bonds. The van der Waals surface area contributed by atoms with Crippen LogP contribution in [0.25, 0.3) is 0 Å². The predicted octanol–water partition coefficient (Wildman–Crippen LogP) is 2.91. The van der Waals surface area contributed by atoms with Crippen LogP contribution in [0, 0.1) is 11.8 Å². The van der Waals surface area contributed by atoms with Crippen LogP contribution >= 0.6 is 0 Å². The van der Waals surface area contributed by atoms with E-state index in [4.69, 9.17) is 9.47 Å². The highest BCUT2D eigenvalue weighted by Crippen LogP contribution is 2.42. The van der Waals surface area contributed by atoms with E-state index >= 15 is 0 Å². The van der Waals surface area contributed by atoms with Gasteiger partial charge >= 0.3 is 5.97 Å². The summed E-state index contributed by atoms with van der Waals surface area (Å²) in [6.07, 6.45) is 1.52. The highest BCUT2D eigenvalue weighted by Gasteiger charge is 2.53. The van der Waals surface area contributed by atoms with Crippen LogP contribution in [0.4, 0.5) is 0 Å². The van der Waals surface area contributed by atoms with E-state index in [0.717, 1.165) is 0 Å². The van der Waals surface area contributed by atoms with Gasteiger partial charge < -0.3 is 19.4 Å². The number of carbonyl (C=O) groups is 3. The van der Waals surface area contributed by atoms with Crippen molar-refractivity contribution >= 4 is 17.5 Å². The summed E-state index contributed by atoms with van der Waals surface area (Å²) in [4.78, 5) is 36.2. The Morgan fingerprint density at radius 1 is 1.36 bits per heavy atom. The number of hydrogen-bond donors (Lipinski definition) is 1. The average Bonchev–Trinajstić information content (AvgIpc) is 2.75. The van der Waals surface area contributed by atoms with Crippen LogP contribution in [0.5, 0.6) is 11.5 Å². The monoisotopic (exact) mass is 348 g/mol. The molecule has 1 heterocycles. The van der Waals surface area contributed by atoms with Crippen molar-refractivity contribution in [3.63, 3.8) is 0 Å². The molecule has 6 heteroatoms. The van der Waals surface area contributed by atoms with E-state index in [2.05, 4.69) is 0 Å². The zero-order valence-electron chi connectivity index (χ0n) is 15.0. The molecule has 25 heavy (non-hydrogen) atoms. The number of phenolic OH excluding ortho intramolecular Hbond substituents is 1. The van der Waals surface area contributed by atoms with Crippen molar-refractivity contribution in [2.45, 2.75) is 45.6 Å². The molecule has 1 saturated heterocycles. The van der Waals surface area contributed by atoms with Gasteiger partial charge in [-0.1, -0.05) is 6.92 Å². The summed E-state index contributed by atoms with van der Waals surface area (Å²) in [5, 5.41) is 10.1. The van der Waals surface area contributed by atoms with Gasteiger partial charge in [-0.25, -0.2) is 0 Å². The SMILES string of the molecule is COc1ccc(C(=O)[C@H]2C(=O)O[C@@](C)(CCCC(C)=O)[C@@H]2C)c(O)c1. The van der Waals surface area contributed by atoms with Gasteiger partial charge in [-0.05, 0) is 38.8 Å². The van der Waals surface area contributed by atoms with E-state index in [1.807, 2.05) is 0 Å². The summed E-state index contributed by atoms with van der Waals surface area (Å²) >= 11 is 0. The molecule has 0 aliphatic carbocycles. The van der Waals surface area contributed by atoms with Crippen LogP contribution in [-0.4, -0.2) is 35.4 Å². The number of ketones is 2. The zero-order chi connectivity index (χ0) is 18.8. The quantitative estimate of drug-likeness (QED) is 0.463. The molecule has 0 saturated carbocycles. The maximum Gasteiger partial charge on any atom is 0.317 e. The molecule has 136 valence electrons. The minimum absolute atomic E-state index is 0.0718. The van der Waals surface area contributed by atoms with Crippen LogP contribution in [0.3, 0.4) is 0 Å². The van der Waals surface area contributed by atoms with Gasteiger partial charge in [0.25, 0.3) is 0 Å². The molecule has 1 aliphatic heterocycles. The van der Waals surface area contributed by atoms with Crippen molar-refractivity contribution in [2.24, 2.45) is 11.8 Å². The molecule has 0 radical (unpaired) electrons. The van der Waals surface area contributed by atoms with Crippen LogP contribution in [0.1, 0.15) is 50.4 Å². The fourth-order valence-corrected chi connectivity index (χ4v) is 3.26. The fourth-order valence-electron chi connectivity index (χ4n) is 3.26. The number of ether oxygens (including phenoxy) is 2. The minimum atomic E-state index is -0.971. The Bertz CT molecular complexity index is 695. The second kappa shape index (κ2) is 7.25. The largest absolute Gasteiger partial charge is 0.507 e. The highest BCUT2D eigenvalue weighted by molar-refractivity contribution is 6.11. The first-order chi connectivity index (χ1) is 11.7. The molecular weight excluding hydrogens is 324 g/mol. The Balaban J connectivity index is 2.20. The number of phenols is 1. The summed E-state index contributed by atoms with van der Waals surface area (Å²) in [6.45, 7) is 5.10. The third-order valence-electron chi connectivity index (χ3n) is 5.01. The van der Waals surface area contributed by atoms with Gasteiger partial charge in [-0.3, -0.25) is 9.59 Å². The molecular formula is C19H24O6. The van der Waals surface area contributed by atoms with Crippen molar-refractivity contribution in [1.82, 2.24) is 0 Å². The van der Waals surface area contributed by atoms with Gasteiger partial charge in [0.2, 0.25) is 0 Å². The number of methoxy groups -OCH3 is 1. The van der Waals surface area contributed by atoms with Gasteiger partial charge in [0.15, 0.2) is 5.78 Å². The third-order valence-corrected chi connectivity index (χ3v) is 5.01. The van der Waals surface area contributed by atoms with E-state index in [1.165, 1.54) is 26.2 Å². The lowest BCUT2D eigenvalue weighted by Gasteiger charge is -2.28. The molecule has 6 nitrogen and oxygen atoms in total. The zero-order valence-corrected chi connectivity index (χ0v) is 15.0. The van der Waals surface area contributed by atoms with E-state index < -0.39 is 23.3 Å². The van der Waals surface area contributed by atoms with Gasteiger partial charge in [0.1, 0.15) is 28.8 Å². The first kappa shape index (κ1) is 19.0. The lowest BCUT2D eigenvalue weighted by molar-refractivity contribution is -0.149. The Morgan fingerprint density at radius 2 is 2.04 bits per heavy atom. The number of esters is 1. The summed E-state index contributed by atoms with van der Waals surface area (Å²) < 4.78 is 10.5. The third kappa shape index (κ3) is 3.83. The van der Waals surface area contributed by atoms with E-state index in [-0.39, 0.29) is 23.0 Å². The molecule has 0 unspecified atom stereocenters. The molecule has 1 N–H and O–H groups in total. The second-order valence-electron chi connectivity index (χ2n) is 6.80. The Kier molecular flexibility index (Phi) is 5.50. The van der Waals surface area contributed by atoms with E-state index in [0.29, 0.717) is 25.0 Å². The van der Waals surface area contributed by atoms with Crippen molar-refractivity contribution in [1.29, 1.82) is 0 Å². The molecule has 0 spiro atoms. The molecule has 1 aliphatic rings. The van der Waals surface area contributed by atoms with Crippen LogP contribution in [-0.2, 0) is 14.3 Å². The number of rotatable bonds is 7. The smallest absolute Gasteiger partial charge is 0.317 e. The standard InChI is InChI=1S/C19H24O6/c1-11(20)6-5-9-19(3)12(2)16(18(23)25-19)17(22)14-8-7-13(24-4)10-15(14)21/h7-8,10,12,16,21H,5-6,9H2,1-4H3/t12-,16+,19+/m1/s1. The van der Waals surface area contributed by atoms with Crippen molar-refractivity contribution < 1.29 is 29.0 Å². The van der Waals surface area contributed by atoms with Gasteiger partial charge in [0.05, 0.1) is 12.7 Å². The van der Waals surface area contributed by atoms with E-state index in [1.54, 1.807) is 19.9 Å². The Labute approximate surface area is 147 Å². The highest BCUT2D eigenvalue weighted by atomic mass is 16.6. The number of aromatic hydroxyl groups is 1. The Morgan fingerprint density at radius 3 is 2.60 bits per heavy atom. The molecule has 3 atom stereocenters. The maximum absolute atomic E-state index is 12.8. The average molecular weight is 348 g/mol. The minimum Gasteiger partial charge on any atom is -0.507 e. The van der Waals surface area contributed by atoms with Gasteiger partial charge in [-0.15, -0.1) is 0 Å². The number of hydrogen-bond acceptors (Lipinski definition) is 6. The summed E-state index contributed by atoms with van der Waals surface area (Å²) in [7, 11) is 1.46. The summed E-state index contributed by atoms with van der Waals surface area (Å²) in [5.74, 6) is -2.11. The maximum atomic E-state index is 12.8. The second-order valence-corrected chi connectivity index (χ2v) is 6.80. The normalized spacial score (nSPS) is 25.5. The van der Waals surface area contributed by atoms with Gasteiger partial charge in [0, 0.05) is 18.4 Å². The molecule has 1 aromatic rings. The molecule has 1 fully saturated rings. The molecule has 0 aromatic heterocycles. The Hall–Kier alpha value is -2.37. The lowest BCUT2D eigenvalue weighted by Crippen LogP contribution is -2.33. The lowest BCUT2D eigenvalue weighted by atomic mass is 9.77. The molecule has 0 bridgehead atoms. The topological polar surface area (TPSA) is 89.9 Å². The van der Waals surface area contributed by atoms with Crippen molar-refractivity contribution in [3.8, 4) is 11.5 Å².